The molecule has 0 saturated carbocycles. The average Bonchev–Trinajstić information content (AvgIpc) is 3.22. The lowest BCUT2D eigenvalue weighted by atomic mass is 10.1. The third-order valence-corrected chi connectivity index (χ3v) is 5.79. The first kappa shape index (κ1) is 20.3. The molecular formula is C22H22ClFN6. The van der Waals surface area contributed by atoms with Gasteiger partial charge in [-0.05, 0) is 50.2 Å². The Morgan fingerprint density at radius 3 is 2.93 bits per heavy atom. The normalized spacial score (nSPS) is 16.5. The molecule has 1 atom stereocenters. The standard InChI is InChI=1S/C22H22ClFN6/c1-2-30-7-3-4-16(30)12-27-21-9-17-20(13-28-21)26-11-14(10-25)22(17)29-15-5-6-18(23)19(24)8-15/h5-6,8-9,11,13,16H,2-4,7,12H2,1H3,(H,26,29)(H,27,28)/t16-/m1/s1. The molecule has 1 aromatic carbocycles. The van der Waals surface area contributed by atoms with Gasteiger partial charge < -0.3 is 10.6 Å². The Balaban J connectivity index is 1.65. The number of pyridine rings is 2. The Hall–Kier alpha value is -2.95. The number of nitrogens with zero attached hydrogens (tertiary/aromatic N) is 4. The second kappa shape index (κ2) is 8.82. The van der Waals surface area contributed by atoms with Crippen LogP contribution in [0.25, 0.3) is 10.9 Å². The van der Waals surface area contributed by atoms with Gasteiger partial charge in [-0.2, -0.15) is 5.26 Å². The zero-order valence-electron chi connectivity index (χ0n) is 16.6. The van der Waals surface area contributed by atoms with Gasteiger partial charge in [-0.3, -0.25) is 9.88 Å². The molecule has 1 aliphatic heterocycles. The minimum atomic E-state index is -0.528. The molecule has 3 heterocycles. The lowest BCUT2D eigenvalue weighted by Gasteiger charge is -2.23. The summed E-state index contributed by atoms with van der Waals surface area (Å²) in [6.45, 7) is 5.16. The van der Waals surface area contributed by atoms with Crippen LogP contribution in [-0.4, -0.2) is 40.5 Å². The number of likely N-dealkylation sites (N-methyl/N-ethyl adjacent to an activating group) is 1. The highest BCUT2D eigenvalue weighted by molar-refractivity contribution is 6.30. The average molecular weight is 425 g/mol. The van der Waals surface area contributed by atoms with Crippen molar-refractivity contribution in [2.24, 2.45) is 0 Å². The van der Waals surface area contributed by atoms with Gasteiger partial charge in [0.2, 0.25) is 0 Å². The largest absolute Gasteiger partial charge is 0.368 e. The van der Waals surface area contributed by atoms with Gasteiger partial charge in [0, 0.05) is 29.9 Å². The number of halogens is 2. The molecule has 2 N–H and O–H groups in total. The second-order valence-electron chi connectivity index (χ2n) is 7.30. The number of nitrogens with one attached hydrogen (secondary N) is 2. The zero-order valence-corrected chi connectivity index (χ0v) is 17.4. The molecule has 154 valence electrons. The number of likely N-dealkylation sites (tertiary alicyclic amines) is 1. The molecule has 2 aromatic heterocycles. The summed E-state index contributed by atoms with van der Waals surface area (Å²) in [6, 6.07) is 8.96. The van der Waals surface area contributed by atoms with Crippen LogP contribution in [0.2, 0.25) is 5.02 Å². The van der Waals surface area contributed by atoms with Gasteiger partial charge in [0.05, 0.1) is 28.0 Å². The number of benzene rings is 1. The Kier molecular flexibility index (Phi) is 5.98. The number of anilines is 3. The Bertz CT molecular complexity index is 1110. The molecule has 0 amide bonds. The van der Waals surface area contributed by atoms with Crippen molar-refractivity contribution in [1.82, 2.24) is 14.9 Å². The number of hydrogen-bond acceptors (Lipinski definition) is 6. The molecule has 1 saturated heterocycles. The lowest BCUT2D eigenvalue weighted by Crippen LogP contribution is -2.34. The van der Waals surface area contributed by atoms with Crippen molar-refractivity contribution in [3.8, 4) is 6.07 Å². The van der Waals surface area contributed by atoms with Crippen LogP contribution in [0.4, 0.5) is 21.6 Å². The fourth-order valence-corrected chi connectivity index (χ4v) is 4.01. The third kappa shape index (κ3) is 4.16. The molecule has 30 heavy (non-hydrogen) atoms. The van der Waals surface area contributed by atoms with E-state index < -0.39 is 5.82 Å². The highest BCUT2D eigenvalue weighted by atomic mass is 35.5. The predicted molar refractivity (Wildman–Crippen MR) is 118 cm³/mol. The van der Waals surface area contributed by atoms with Gasteiger partial charge >= 0.3 is 0 Å². The van der Waals surface area contributed by atoms with E-state index in [0.29, 0.717) is 34.3 Å². The van der Waals surface area contributed by atoms with Crippen LogP contribution in [0.5, 0.6) is 0 Å². The van der Waals surface area contributed by atoms with E-state index in [1.807, 2.05) is 6.07 Å². The molecule has 4 rings (SSSR count). The smallest absolute Gasteiger partial charge is 0.143 e. The minimum Gasteiger partial charge on any atom is -0.368 e. The van der Waals surface area contributed by atoms with Crippen molar-refractivity contribution in [2.45, 2.75) is 25.8 Å². The predicted octanol–water partition coefficient (Wildman–Crippen LogP) is 4.93. The fraction of sp³-hybridized carbons (Fsp3) is 0.318. The first-order valence-corrected chi connectivity index (χ1v) is 10.4. The molecule has 0 aliphatic carbocycles. The summed E-state index contributed by atoms with van der Waals surface area (Å²) in [7, 11) is 0. The van der Waals surface area contributed by atoms with Crippen LogP contribution in [-0.2, 0) is 0 Å². The van der Waals surface area contributed by atoms with Gasteiger partial charge in [0.1, 0.15) is 17.7 Å². The zero-order chi connectivity index (χ0) is 21.1. The highest BCUT2D eigenvalue weighted by Gasteiger charge is 2.22. The first-order valence-electron chi connectivity index (χ1n) is 9.98. The van der Waals surface area contributed by atoms with Gasteiger partial charge in [-0.15, -0.1) is 0 Å². The third-order valence-electron chi connectivity index (χ3n) is 5.49. The van der Waals surface area contributed by atoms with Gasteiger partial charge in [-0.1, -0.05) is 18.5 Å². The van der Waals surface area contributed by atoms with Crippen LogP contribution in [0, 0.1) is 17.1 Å². The summed E-state index contributed by atoms with van der Waals surface area (Å²) in [5.74, 6) is 0.187. The molecule has 8 heteroatoms. The summed E-state index contributed by atoms with van der Waals surface area (Å²) >= 11 is 5.78. The monoisotopic (exact) mass is 424 g/mol. The SMILES string of the molecule is CCN1CCC[C@@H]1CNc1cc2c(Nc3ccc(Cl)c(F)c3)c(C#N)cnc2cn1. The number of rotatable bonds is 6. The van der Waals surface area contributed by atoms with E-state index >= 15 is 0 Å². The van der Waals surface area contributed by atoms with Crippen LogP contribution >= 0.6 is 11.6 Å². The van der Waals surface area contributed by atoms with E-state index in [0.717, 1.165) is 25.0 Å². The number of nitriles is 1. The molecular weight excluding hydrogens is 403 g/mol. The van der Waals surface area contributed by atoms with Crippen molar-refractivity contribution in [3.63, 3.8) is 0 Å². The maximum absolute atomic E-state index is 13.9. The summed E-state index contributed by atoms with van der Waals surface area (Å²) in [5.41, 5.74) is 2.07. The van der Waals surface area contributed by atoms with Crippen molar-refractivity contribution in [1.29, 1.82) is 5.26 Å². The van der Waals surface area contributed by atoms with E-state index in [9.17, 15) is 9.65 Å². The van der Waals surface area contributed by atoms with Gasteiger partial charge in [0.25, 0.3) is 0 Å². The minimum absolute atomic E-state index is 0.0457. The summed E-state index contributed by atoms with van der Waals surface area (Å²) in [4.78, 5) is 11.3. The van der Waals surface area contributed by atoms with Crippen molar-refractivity contribution >= 4 is 39.7 Å². The van der Waals surface area contributed by atoms with Crippen molar-refractivity contribution < 1.29 is 4.39 Å². The lowest BCUT2D eigenvalue weighted by molar-refractivity contribution is 0.277. The molecule has 6 nitrogen and oxygen atoms in total. The highest BCUT2D eigenvalue weighted by Crippen LogP contribution is 2.31. The fourth-order valence-electron chi connectivity index (χ4n) is 3.89. The van der Waals surface area contributed by atoms with Crippen LogP contribution in [0.3, 0.4) is 0 Å². The molecule has 0 radical (unpaired) electrons. The Labute approximate surface area is 179 Å². The van der Waals surface area contributed by atoms with Crippen LogP contribution < -0.4 is 10.6 Å². The van der Waals surface area contributed by atoms with Gasteiger partial charge in [0.15, 0.2) is 0 Å². The summed E-state index contributed by atoms with van der Waals surface area (Å²) in [5, 5.41) is 16.9. The molecule has 0 bridgehead atoms. The quantitative estimate of drug-likeness (QED) is 0.584. The molecule has 3 aromatic rings. The van der Waals surface area contributed by atoms with E-state index in [-0.39, 0.29) is 5.02 Å². The topological polar surface area (TPSA) is 76.9 Å². The number of fused-ring (bicyclic) bond motifs is 1. The van der Waals surface area contributed by atoms with E-state index in [2.05, 4.69) is 38.5 Å². The molecule has 0 spiro atoms. The second-order valence-corrected chi connectivity index (χ2v) is 7.71. The van der Waals surface area contributed by atoms with E-state index in [1.54, 1.807) is 12.3 Å². The van der Waals surface area contributed by atoms with Crippen LogP contribution in [0.1, 0.15) is 25.3 Å². The van der Waals surface area contributed by atoms with Crippen LogP contribution in [0.15, 0.2) is 36.7 Å². The van der Waals surface area contributed by atoms with Gasteiger partial charge in [-0.25, -0.2) is 9.37 Å². The maximum atomic E-state index is 13.9. The van der Waals surface area contributed by atoms with Crippen molar-refractivity contribution in [3.05, 3.63) is 53.1 Å². The van der Waals surface area contributed by atoms with E-state index in [1.165, 1.54) is 31.2 Å². The van der Waals surface area contributed by atoms with E-state index in [4.69, 9.17) is 11.6 Å². The van der Waals surface area contributed by atoms with Crippen molar-refractivity contribution in [2.75, 3.05) is 30.3 Å². The molecule has 0 unspecified atom stereocenters. The summed E-state index contributed by atoms with van der Waals surface area (Å²) < 4.78 is 13.9. The maximum Gasteiger partial charge on any atom is 0.143 e. The molecule has 1 fully saturated rings. The number of aromatic nitrogens is 2. The number of hydrogen-bond donors (Lipinski definition) is 2. The Morgan fingerprint density at radius 1 is 1.30 bits per heavy atom. The first-order chi connectivity index (χ1) is 14.6. The Morgan fingerprint density at radius 2 is 2.17 bits per heavy atom. The molecule has 1 aliphatic rings. The summed E-state index contributed by atoms with van der Waals surface area (Å²) in [6.07, 6.45) is 5.55.